The minimum Gasteiger partial charge on any atom is -0.604 e. The maximum atomic E-state index is 13.7. The average molecular weight is 551 g/mol. The summed E-state index contributed by atoms with van der Waals surface area (Å²) in [5, 5.41) is 13.2. The summed E-state index contributed by atoms with van der Waals surface area (Å²) in [5.74, 6) is -2.55. The number of quaternary nitrogens is 1. The number of fused-ring (bicyclic) bond motifs is 1. The summed E-state index contributed by atoms with van der Waals surface area (Å²) in [6.07, 6.45) is -0.792. The van der Waals surface area contributed by atoms with Gasteiger partial charge >= 0.3 is 12.7 Å². The van der Waals surface area contributed by atoms with Gasteiger partial charge in [0, 0.05) is 12.6 Å². The van der Waals surface area contributed by atoms with Gasteiger partial charge in [0.25, 0.3) is 11.9 Å². The number of aliphatic hydroxyl groups is 1. The van der Waals surface area contributed by atoms with Crippen LogP contribution in [-0.4, -0.2) is 76.6 Å². The fourth-order valence-corrected chi connectivity index (χ4v) is 6.18. The third kappa shape index (κ3) is 5.66. The highest BCUT2D eigenvalue weighted by atomic mass is 16.7. The fourth-order valence-electron chi connectivity index (χ4n) is 6.18. The van der Waals surface area contributed by atoms with Crippen molar-refractivity contribution in [3.63, 3.8) is 0 Å². The van der Waals surface area contributed by atoms with Gasteiger partial charge in [-0.3, -0.25) is 19.2 Å². The van der Waals surface area contributed by atoms with Crippen molar-refractivity contribution in [3.05, 3.63) is 54.2 Å². The minimum atomic E-state index is -2.55. The molecule has 1 aromatic carbocycles. The standard InChI is InChI=1S/C29H38BN3O7/c1-18(2)14-22(30-33(5,17-27(37)40-30)19(3)15-26(36)39-30)16-25(35)28(20(4)34)32-29(38)24-13-9-12-23(31-24)21-10-7-6-8-11-21/h6-13,18-20,22,28,34H,14-17H2,1-5H3,(H,32,38)/t19-,20+,22+,28-,30?,33?/m0/s1. The van der Waals surface area contributed by atoms with E-state index in [9.17, 15) is 24.3 Å². The van der Waals surface area contributed by atoms with Crippen LogP contribution in [-0.2, 0) is 23.7 Å². The van der Waals surface area contributed by atoms with E-state index in [1.54, 1.807) is 18.2 Å². The lowest BCUT2D eigenvalue weighted by molar-refractivity contribution is -0.840. The van der Waals surface area contributed by atoms with Gasteiger partial charge in [-0.05, 0) is 44.1 Å². The van der Waals surface area contributed by atoms with Gasteiger partial charge in [0.05, 0.1) is 24.3 Å². The molecule has 11 heteroatoms. The van der Waals surface area contributed by atoms with Crippen molar-refractivity contribution in [1.82, 2.24) is 10.3 Å². The zero-order valence-electron chi connectivity index (χ0n) is 23.7. The number of hydrogen-bond acceptors (Lipinski definition) is 8. The molecular weight excluding hydrogens is 513 g/mol. The molecule has 214 valence electrons. The quantitative estimate of drug-likeness (QED) is 0.431. The van der Waals surface area contributed by atoms with Crippen molar-refractivity contribution in [3.8, 4) is 11.3 Å². The minimum absolute atomic E-state index is 0.0389. The Balaban J connectivity index is 1.59. The van der Waals surface area contributed by atoms with Crippen molar-refractivity contribution >= 4 is 30.3 Å². The van der Waals surface area contributed by atoms with Gasteiger partial charge in [0.15, 0.2) is 5.78 Å². The monoisotopic (exact) mass is 551 g/mol. The second kappa shape index (κ2) is 11.5. The molecule has 2 aliphatic rings. The highest BCUT2D eigenvalue weighted by Crippen LogP contribution is 2.47. The van der Waals surface area contributed by atoms with Crippen LogP contribution in [0.1, 0.15) is 57.4 Å². The van der Waals surface area contributed by atoms with Crippen LogP contribution < -0.4 is 5.32 Å². The second-order valence-corrected chi connectivity index (χ2v) is 11.8. The van der Waals surface area contributed by atoms with Gasteiger partial charge in [0.1, 0.15) is 18.3 Å². The van der Waals surface area contributed by atoms with E-state index in [0.29, 0.717) is 12.1 Å². The number of benzene rings is 1. The first kappa shape index (κ1) is 29.4. The first-order valence-corrected chi connectivity index (χ1v) is 13.8. The number of aromatic nitrogens is 1. The number of nitrogens with one attached hydrogen (secondary N) is 1. The second-order valence-electron chi connectivity index (χ2n) is 11.8. The molecule has 2 aromatic rings. The molecule has 0 bridgehead atoms. The summed E-state index contributed by atoms with van der Waals surface area (Å²) in [6.45, 7) is 4.73. The highest BCUT2D eigenvalue weighted by molar-refractivity contribution is 6.67. The predicted molar refractivity (Wildman–Crippen MR) is 149 cm³/mol. The molecule has 0 radical (unpaired) electrons. The molecule has 0 spiro atoms. The molecule has 10 nitrogen and oxygen atoms in total. The number of rotatable bonds is 10. The molecule has 2 fully saturated rings. The van der Waals surface area contributed by atoms with Crippen LogP contribution in [0.5, 0.6) is 0 Å². The molecule has 2 unspecified atom stereocenters. The molecule has 4 rings (SSSR count). The highest BCUT2D eigenvalue weighted by Gasteiger charge is 2.68. The van der Waals surface area contributed by atoms with E-state index in [2.05, 4.69) is 10.3 Å². The molecule has 1 aromatic heterocycles. The smallest absolute Gasteiger partial charge is 0.587 e. The third-order valence-electron chi connectivity index (χ3n) is 8.36. The first-order valence-electron chi connectivity index (χ1n) is 13.8. The molecular formula is C29H38BN3O7. The van der Waals surface area contributed by atoms with E-state index in [1.165, 1.54) is 6.92 Å². The van der Waals surface area contributed by atoms with Gasteiger partial charge in [-0.15, -0.1) is 0 Å². The number of likely N-dealkylation sites (N-methyl/N-ethyl adjacent to an activating group) is 1. The molecule has 2 saturated heterocycles. The Hall–Kier alpha value is -3.57. The van der Waals surface area contributed by atoms with E-state index in [1.807, 2.05) is 58.2 Å². The maximum absolute atomic E-state index is 13.7. The van der Waals surface area contributed by atoms with Gasteiger partial charge in [-0.2, -0.15) is 0 Å². The Bertz CT molecular complexity index is 1290. The summed E-state index contributed by atoms with van der Waals surface area (Å²) in [5.41, 5.74) is 1.53. The number of ketones is 1. The number of amides is 1. The van der Waals surface area contributed by atoms with Crippen LogP contribution in [0.25, 0.3) is 11.3 Å². The van der Waals surface area contributed by atoms with Crippen LogP contribution in [0, 0.1) is 5.92 Å². The SMILES string of the molecule is CC(C)C[C@H](CC(=O)[C@@H](NC(=O)c1cccc(-c2ccccc2)n1)[C@@H](C)O)[B-]12OC(=O)C[C@H](C)[N+]1(C)CC(=O)O2. The Kier molecular flexibility index (Phi) is 8.46. The molecule has 1 amide bonds. The zero-order valence-corrected chi connectivity index (χ0v) is 23.7. The summed E-state index contributed by atoms with van der Waals surface area (Å²) in [4.78, 5) is 56.6. The van der Waals surface area contributed by atoms with Crippen molar-refractivity contribution < 1.29 is 38.0 Å². The molecule has 6 atom stereocenters. The van der Waals surface area contributed by atoms with Crippen LogP contribution in [0.4, 0.5) is 0 Å². The molecule has 0 saturated carbocycles. The Labute approximate surface area is 234 Å². The number of Topliss-reactive ketones (excluding diaryl/α,β-unsaturated/α-hetero) is 1. The largest absolute Gasteiger partial charge is 0.604 e. The number of hydrogen-bond donors (Lipinski definition) is 2. The zero-order chi connectivity index (χ0) is 29.2. The lowest BCUT2D eigenvalue weighted by Crippen LogP contribution is -2.74. The number of aliphatic hydroxyl groups excluding tert-OH is 1. The Morgan fingerprint density at radius 2 is 1.75 bits per heavy atom. The van der Waals surface area contributed by atoms with E-state index in [4.69, 9.17) is 9.31 Å². The summed E-state index contributed by atoms with van der Waals surface area (Å²) < 4.78 is 11.8. The van der Waals surface area contributed by atoms with Gasteiger partial charge in [-0.1, -0.05) is 56.7 Å². The van der Waals surface area contributed by atoms with E-state index >= 15 is 0 Å². The number of nitrogens with zero attached hydrogens (tertiary/aromatic N) is 2. The molecule has 2 aliphatic heterocycles. The van der Waals surface area contributed by atoms with Crippen LogP contribution in [0.15, 0.2) is 48.5 Å². The normalized spacial score (nSPS) is 26.3. The molecule has 0 aliphatic carbocycles. The molecule has 2 N–H and O–H groups in total. The topological polar surface area (TPSA) is 132 Å². The predicted octanol–water partition coefficient (Wildman–Crippen LogP) is 2.88. The van der Waals surface area contributed by atoms with Crippen molar-refractivity contribution in [1.29, 1.82) is 0 Å². The summed E-state index contributed by atoms with van der Waals surface area (Å²) in [7, 11) is 1.83. The number of pyridine rings is 1. The van der Waals surface area contributed by atoms with Gasteiger partial charge in [0.2, 0.25) is 0 Å². The van der Waals surface area contributed by atoms with Crippen molar-refractivity contribution in [2.75, 3.05) is 13.6 Å². The average Bonchev–Trinajstić information content (AvgIpc) is 3.17. The van der Waals surface area contributed by atoms with Crippen LogP contribution in [0.2, 0.25) is 5.82 Å². The lowest BCUT2D eigenvalue weighted by atomic mass is 9.49. The van der Waals surface area contributed by atoms with Crippen LogP contribution >= 0.6 is 0 Å². The van der Waals surface area contributed by atoms with Crippen LogP contribution in [0.3, 0.4) is 0 Å². The number of carbonyl (C=O) groups is 4. The fraction of sp³-hybridized carbons (Fsp3) is 0.483. The van der Waals surface area contributed by atoms with E-state index in [-0.39, 0.29) is 41.4 Å². The Morgan fingerprint density at radius 3 is 2.40 bits per heavy atom. The van der Waals surface area contributed by atoms with E-state index < -0.39 is 48.3 Å². The van der Waals surface area contributed by atoms with E-state index in [0.717, 1.165) is 5.56 Å². The van der Waals surface area contributed by atoms with Gasteiger partial charge < -0.3 is 24.1 Å². The van der Waals surface area contributed by atoms with Gasteiger partial charge in [-0.25, -0.2) is 4.98 Å². The van der Waals surface area contributed by atoms with Crippen molar-refractivity contribution in [2.24, 2.45) is 5.92 Å². The maximum Gasteiger partial charge on any atom is 0.587 e. The number of carbonyl (C=O) groups excluding carboxylic acids is 4. The molecule has 40 heavy (non-hydrogen) atoms. The summed E-state index contributed by atoms with van der Waals surface area (Å²) >= 11 is 0. The lowest BCUT2D eigenvalue weighted by Gasteiger charge is -2.57. The van der Waals surface area contributed by atoms with Crippen molar-refractivity contribution in [2.45, 2.75) is 71.0 Å². The summed E-state index contributed by atoms with van der Waals surface area (Å²) in [6, 6.07) is 12.9. The Morgan fingerprint density at radius 1 is 1.07 bits per heavy atom. The third-order valence-corrected chi connectivity index (χ3v) is 8.36. The first-order chi connectivity index (χ1) is 18.9. The molecule has 3 heterocycles.